The minimum absolute atomic E-state index is 0.00238. The van der Waals surface area contributed by atoms with Crippen LogP contribution in [-0.2, 0) is 9.53 Å². The van der Waals surface area contributed by atoms with Crippen molar-refractivity contribution in [2.75, 3.05) is 25.0 Å². The highest BCUT2D eigenvalue weighted by molar-refractivity contribution is 6.31. The molecule has 0 bridgehead atoms. The fraction of sp³-hybridized carbons (Fsp3) is 0.476. The lowest BCUT2D eigenvalue weighted by atomic mass is 10.1. The van der Waals surface area contributed by atoms with E-state index in [1.165, 1.54) is 6.20 Å². The zero-order valence-corrected chi connectivity index (χ0v) is 17.7. The van der Waals surface area contributed by atoms with Crippen LogP contribution in [0.15, 0.2) is 24.4 Å². The number of fused-ring (bicyclic) bond motifs is 1. The third-order valence-corrected chi connectivity index (χ3v) is 4.59. The van der Waals surface area contributed by atoms with Crippen molar-refractivity contribution >= 4 is 40.1 Å². The first-order valence-electron chi connectivity index (χ1n) is 9.73. The molecule has 1 N–H and O–H groups in total. The second-order valence-electron chi connectivity index (χ2n) is 6.62. The molecule has 0 spiro atoms. The quantitative estimate of drug-likeness (QED) is 0.621. The number of pyridine rings is 1. The van der Waals surface area contributed by atoms with E-state index in [2.05, 4.69) is 10.3 Å². The van der Waals surface area contributed by atoms with E-state index in [1.807, 2.05) is 18.7 Å². The highest BCUT2D eigenvalue weighted by Gasteiger charge is 2.23. The molecule has 2 rings (SSSR count). The van der Waals surface area contributed by atoms with Gasteiger partial charge in [0.2, 0.25) is 5.91 Å². The van der Waals surface area contributed by atoms with Gasteiger partial charge in [-0.1, -0.05) is 25.4 Å². The Morgan fingerprint density at radius 3 is 2.50 bits per heavy atom. The van der Waals surface area contributed by atoms with Crippen molar-refractivity contribution in [1.82, 2.24) is 9.88 Å². The molecule has 7 heteroatoms. The Morgan fingerprint density at radius 2 is 1.89 bits per heavy atom. The number of hydrogen-bond acceptors (Lipinski definition) is 5. The molecular formula is C21H28ClN3O3. The van der Waals surface area contributed by atoms with Crippen LogP contribution >= 0.6 is 11.6 Å². The number of amides is 1. The minimum atomic E-state index is -0.507. The first-order valence-corrected chi connectivity index (χ1v) is 10.1. The predicted octanol–water partition coefficient (Wildman–Crippen LogP) is 4.51. The number of benzene rings is 1. The number of anilines is 1. The van der Waals surface area contributed by atoms with Gasteiger partial charge in [0.25, 0.3) is 0 Å². The number of rotatable bonds is 9. The van der Waals surface area contributed by atoms with Crippen molar-refractivity contribution in [3.8, 4) is 0 Å². The van der Waals surface area contributed by atoms with Gasteiger partial charge >= 0.3 is 5.97 Å². The Balaban J connectivity index is 2.43. The van der Waals surface area contributed by atoms with E-state index in [1.54, 1.807) is 32.0 Å². The van der Waals surface area contributed by atoms with E-state index in [9.17, 15) is 9.59 Å². The molecule has 2 aromatic rings. The van der Waals surface area contributed by atoms with Crippen LogP contribution in [0.1, 0.15) is 50.9 Å². The lowest BCUT2D eigenvalue weighted by Crippen LogP contribution is -2.42. The van der Waals surface area contributed by atoms with Gasteiger partial charge in [0.05, 0.1) is 17.8 Å². The molecule has 0 saturated carbocycles. The van der Waals surface area contributed by atoms with Gasteiger partial charge in [0.1, 0.15) is 11.6 Å². The van der Waals surface area contributed by atoms with Gasteiger partial charge in [-0.15, -0.1) is 0 Å². The van der Waals surface area contributed by atoms with E-state index < -0.39 is 12.0 Å². The maximum absolute atomic E-state index is 12.9. The van der Waals surface area contributed by atoms with Crippen molar-refractivity contribution in [3.63, 3.8) is 0 Å². The molecule has 1 atom stereocenters. The Kier molecular flexibility index (Phi) is 8.05. The number of ether oxygens (including phenoxy) is 1. The highest BCUT2D eigenvalue weighted by atomic mass is 35.5. The molecule has 1 amide bonds. The first kappa shape index (κ1) is 22.0. The summed E-state index contributed by atoms with van der Waals surface area (Å²) in [6.07, 6.45) is 3.25. The Labute approximate surface area is 171 Å². The number of esters is 1. The van der Waals surface area contributed by atoms with Crippen LogP contribution in [0.2, 0.25) is 5.02 Å². The summed E-state index contributed by atoms with van der Waals surface area (Å²) in [6, 6.07) is 4.75. The zero-order valence-electron chi connectivity index (χ0n) is 16.9. The van der Waals surface area contributed by atoms with Gasteiger partial charge in [-0.05, 0) is 44.9 Å². The number of aromatic nitrogens is 1. The Bertz CT molecular complexity index is 835. The molecule has 0 saturated heterocycles. The van der Waals surface area contributed by atoms with Crippen LogP contribution in [0.25, 0.3) is 10.9 Å². The summed E-state index contributed by atoms with van der Waals surface area (Å²) in [4.78, 5) is 31.6. The molecule has 0 aliphatic carbocycles. The Hall–Kier alpha value is -2.34. The third kappa shape index (κ3) is 5.13. The first-order chi connectivity index (χ1) is 13.4. The van der Waals surface area contributed by atoms with Crippen molar-refractivity contribution in [2.24, 2.45) is 0 Å². The maximum Gasteiger partial charge on any atom is 0.341 e. The molecule has 152 valence electrons. The van der Waals surface area contributed by atoms with E-state index in [0.717, 1.165) is 12.8 Å². The third-order valence-electron chi connectivity index (χ3n) is 4.36. The molecule has 0 aliphatic heterocycles. The fourth-order valence-corrected chi connectivity index (χ4v) is 3.28. The van der Waals surface area contributed by atoms with Crippen molar-refractivity contribution in [3.05, 3.63) is 35.0 Å². The molecule has 28 heavy (non-hydrogen) atoms. The largest absolute Gasteiger partial charge is 0.462 e. The van der Waals surface area contributed by atoms with Crippen molar-refractivity contribution < 1.29 is 14.3 Å². The smallest absolute Gasteiger partial charge is 0.341 e. The second-order valence-corrected chi connectivity index (χ2v) is 7.06. The summed E-state index contributed by atoms with van der Waals surface area (Å²) in [5, 5.41) is 4.50. The van der Waals surface area contributed by atoms with Crippen LogP contribution < -0.4 is 5.32 Å². The summed E-state index contributed by atoms with van der Waals surface area (Å²) in [7, 11) is 0. The highest BCUT2D eigenvalue weighted by Crippen LogP contribution is 2.29. The molecule has 0 fully saturated rings. The topological polar surface area (TPSA) is 71.5 Å². The normalized spacial score (nSPS) is 11.9. The van der Waals surface area contributed by atoms with Gasteiger partial charge in [0.15, 0.2) is 0 Å². The van der Waals surface area contributed by atoms with Crippen LogP contribution in [0.5, 0.6) is 0 Å². The number of hydrogen-bond donors (Lipinski definition) is 1. The van der Waals surface area contributed by atoms with Gasteiger partial charge in [-0.25, -0.2) is 4.79 Å². The molecular weight excluding hydrogens is 378 g/mol. The Morgan fingerprint density at radius 1 is 1.21 bits per heavy atom. The number of carbonyl (C=O) groups is 2. The maximum atomic E-state index is 12.9. The summed E-state index contributed by atoms with van der Waals surface area (Å²) < 4.78 is 5.17. The van der Waals surface area contributed by atoms with E-state index >= 15 is 0 Å². The summed E-state index contributed by atoms with van der Waals surface area (Å²) in [6.45, 7) is 9.31. The number of carbonyl (C=O) groups excluding carboxylic acids is 2. The molecule has 0 radical (unpaired) electrons. The number of halogens is 1. The van der Waals surface area contributed by atoms with Crippen LogP contribution in [0.3, 0.4) is 0 Å². The molecule has 1 unspecified atom stereocenters. The van der Waals surface area contributed by atoms with Gasteiger partial charge in [-0.2, -0.15) is 0 Å². The van der Waals surface area contributed by atoms with Crippen LogP contribution in [0, 0.1) is 0 Å². The molecule has 1 aromatic carbocycles. The molecule has 1 heterocycles. The van der Waals surface area contributed by atoms with E-state index in [4.69, 9.17) is 16.3 Å². The fourth-order valence-electron chi connectivity index (χ4n) is 3.11. The summed E-state index contributed by atoms with van der Waals surface area (Å²) >= 11 is 6.08. The lowest BCUT2D eigenvalue weighted by molar-refractivity contribution is -0.131. The van der Waals surface area contributed by atoms with Crippen LogP contribution in [-0.4, -0.2) is 47.5 Å². The van der Waals surface area contributed by atoms with Gasteiger partial charge in [-0.3, -0.25) is 9.78 Å². The summed E-state index contributed by atoms with van der Waals surface area (Å²) in [5.74, 6) is -0.481. The minimum Gasteiger partial charge on any atom is -0.462 e. The SMILES string of the molecule is CCCN(CCC)C(=O)C(C)Nc1c(C(=O)OCC)cnc2cc(Cl)ccc12. The number of nitrogens with zero attached hydrogens (tertiary/aromatic N) is 2. The van der Waals surface area contributed by atoms with Crippen LogP contribution in [0.4, 0.5) is 5.69 Å². The van der Waals surface area contributed by atoms with E-state index in [-0.39, 0.29) is 12.5 Å². The zero-order chi connectivity index (χ0) is 20.7. The van der Waals surface area contributed by atoms with Gasteiger partial charge < -0.3 is 15.0 Å². The molecule has 6 nitrogen and oxygen atoms in total. The average Bonchev–Trinajstić information content (AvgIpc) is 2.67. The van der Waals surface area contributed by atoms with Gasteiger partial charge in [0, 0.05) is 29.7 Å². The second kappa shape index (κ2) is 10.3. The standard InChI is InChI=1S/C21H28ClN3O3/c1-5-10-25(11-6-2)20(26)14(4)24-19-16-9-8-15(22)12-18(16)23-13-17(19)21(27)28-7-3/h8-9,12-14H,5-7,10-11H2,1-4H3,(H,23,24). The lowest BCUT2D eigenvalue weighted by Gasteiger charge is -2.26. The molecule has 0 aliphatic rings. The monoisotopic (exact) mass is 405 g/mol. The average molecular weight is 406 g/mol. The van der Waals surface area contributed by atoms with Crippen molar-refractivity contribution in [2.45, 2.75) is 46.6 Å². The molecule has 1 aromatic heterocycles. The predicted molar refractivity (Wildman–Crippen MR) is 113 cm³/mol. The number of nitrogens with one attached hydrogen (secondary N) is 1. The summed E-state index contributed by atoms with van der Waals surface area (Å²) in [5.41, 5.74) is 1.48. The van der Waals surface area contributed by atoms with Crippen molar-refractivity contribution in [1.29, 1.82) is 0 Å². The van der Waals surface area contributed by atoms with E-state index in [0.29, 0.717) is 40.3 Å².